The molecule has 3 rings (SSSR count). The first-order chi connectivity index (χ1) is 11.8. The Morgan fingerprint density at radius 3 is 3.04 bits per heavy atom. The molecule has 1 aromatic carbocycles. The van der Waals surface area contributed by atoms with Crippen molar-refractivity contribution in [3.8, 4) is 5.75 Å². The lowest BCUT2D eigenvalue weighted by molar-refractivity contribution is 0.0322. The molecular formula is C16H20N4O3S. The number of ether oxygens (including phenoxy) is 2. The van der Waals surface area contributed by atoms with Crippen molar-refractivity contribution in [2.45, 2.75) is 6.54 Å². The summed E-state index contributed by atoms with van der Waals surface area (Å²) in [5.41, 5.74) is 1.33. The molecule has 1 aliphatic heterocycles. The van der Waals surface area contributed by atoms with Crippen molar-refractivity contribution in [1.29, 1.82) is 0 Å². The van der Waals surface area contributed by atoms with E-state index in [1.165, 1.54) is 0 Å². The van der Waals surface area contributed by atoms with Crippen molar-refractivity contribution in [3.05, 3.63) is 40.9 Å². The molecule has 0 radical (unpaired) electrons. The van der Waals surface area contributed by atoms with Gasteiger partial charge in [0.1, 0.15) is 12.4 Å². The van der Waals surface area contributed by atoms with Crippen LogP contribution in [0.2, 0.25) is 0 Å². The van der Waals surface area contributed by atoms with E-state index in [1.807, 2.05) is 24.3 Å². The first-order valence-corrected chi connectivity index (χ1v) is 8.72. The average molecular weight is 348 g/mol. The first-order valence-electron chi connectivity index (χ1n) is 7.88. The second kappa shape index (κ2) is 8.72. The summed E-state index contributed by atoms with van der Waals surface area (Å²) in [4.78, 5) is 14.2. The molecule has 2 heterocycles. The molecule has 0 spiro atoms. The van der Waals surface area contributed by atoms with Crippen LogP contribution in [0.4, 0.5) is 0 Å². The number of carbonyl (C=O) groups is 1. The Bertz CT molecular complexity index is 645. The summed E-state index contributed by atoms with van der Waals surface area (Å²) in [5, 5.41) is 8.20. The highest BCUT2D eigenvalue weighted by atomic mass is 32.1. The topological polar surface area (TPSA) is 76.6 Å². The van der Waals surface area contributed by atoms with Crippen LogP contribution in [0.5, 0.6) is 5.75 Å². The Hall–Kier alpha value is -2.03. The van der Waals surface area contributed by atoms with E-state index in [0.29, 0.717) is 18.8 Å². The summed E-state index contributed by atoms with van der Waals surface area (Å²) in [7, 11) is 0. The van der Waals surface area contributed by atoms with Gasteiger partial charge < -0.3 is 14.8 Å². The predicted molar refractivity (Wildman–Crippen MR) is 90.3 cm³/mol. The van der Waals surface area contributed by atoms with Gasteiger partial charge in [0.2, 0.25) is 0 Å². The number of morpholine rings is 1. The third kappa shape index (κ3) is 4.98. The van der Waals surface area contributed by atoms with E-state index in [2.05, 4.69) is 19.8 Å². The van der Waals surface area contributed by atoms with E-state index in [9.17, 15) is 4.79 Å². The number of carbonyl (C=O) groups excluding carboxylic acids is 1. The lowest BCUT2D eigenvalue weighted by atomic mass is 10.2. The number of benzene rings is 1. The Kier molecular flexibility index (Phi) is 6.11. The molecule has 1 N–H and O–H groups in total. The van der Waals surface area contributed by atoms with Gasteiger partial charge in [-0.3, -0.25) is 9.69 Å². The fraction of sp³-hybridized carbons (Fsp3) is 0.438. The third-order valence-corrected chi connectivity index (χ3v) is 4.23. The second-order valence-electron chi connectivity index (χ2n) is 5.42. The maximum atomic E-state index is 11.9. The lowest BCUT2D eigenvalue weighted by Gasteiger charge is -2.26. The SMILES string of the molecule is O=C(NCc1cccc(OCCN2CCOCC2)c1)c1csnn1. The van der Waals surface area contributed by atoms with Crippen LogP contribution in [0.3, 0.4) is 0 Å². The van der Waals surface area contributed by atoms with Crippen LogP contribution in [0, 0.1) is 0 Å². The summed E-state index contributed by atoms with van der Waals surface area (Å²) >= 11 is 1.16. The summed E-state index contributed by atoms with van der Waals surface area (Å²) in [6.07, 6.45) is 0. The van der Waals surface area contributed by atoms with Gasteiger partial charge in [-0.25, -0.2) is 0 Å². The Morgan fingerprint density at radius 1 is 1.38 bits per heavy atom. The Balaban J connectivity index is 1.44. The molecule has 1 saturated heterocycles. The predicted octanol–water partition coefficient (Wildman–Crippen LogP) is 1.18. The quantitative estimate of drug-likeness (QED) is 0.810. The molecule has 24 heavy (non-hydrogen) atoms. The van der Waals surface area contributed by atoms with E-state index in [4.69, 9.17) is 9.47 Å². The summed E-state index contributed by atoms with van der Waals surface area (Å²) in [5.74, 6) is 0.590. The summed E-state index contributed by atoms with van der Waals surface area (Å²) < 4.78 is 14.8. The van der Waals surface area contributed by atoms with E-state index < -0.39 is 0 Å². The highest BCUT2D eigenvalue weighted by molar-refractivity contribution is 7.03. The largest absolute Gasteiger partial charge is 0.492 e. The third-order valence-electron chi connectivity index (χ3n) is 3.72. The summed E-state index contributed by atoms with van der Waals surface area (Å²) in [6, 6.07) is 7.75. The van der Waals surface area contributed by atoms with Gasteiger partial charge in [-0.2, -0.15) is 0 Å². The monoisotopic (exact) mass is 348 g/mol. The molecule has 0 aliphatic carbocycles. The molecule has 8 heteroatoms. The van der Waals surface area contributed by atoms with Crippen LogP contribution in [0.1, 0.15) is 16.1 Å². The van der Waals surface area contributed by atoms with Crippen LogP contribution in [0.25, 0.3) is 0 Å². The van der Waals surface area contributed by atoms with Crippen LogP contribution in [0.15, 0.2) is 29.6 Å². The number of hydrogen-bond acceptors (Lipinski definition) is 7. The van der Waals surface area contributed by atoms with Crippen molar-refractivity contribution < 1.29 is 14.3 Å². The number of amides is 1. The highest BCUT2D eigenvalue weighted by Crippen LogP contribution is 2.13. The fourth-order valence-corrected chi connectivity index (χ4v) is 2.84. The molecule has 0 unspecified atom stereocenters. The van der Waals surface area contributed by atoms with Gasteiger partial charge >= 0.3 is 0 Å². The number of hydrogen-bond donors (Lipinski definition) is 1. The minimum absolute atomic E-state index is 0.220. The van der Waals surface area contributed by atoms with E-state index in [-0.39, 0.29) is 5.91 Å². The van der Waals surface area contributed by atoms with Crippen LogP contribution in [-0.2, 0) is 11.3 Å². The minimum atomic E-state index is -0.220. The molecule has 1 amide bonds. The van der Waals surface area contributed by atoms with Gasteiger partial charge in [-0.05, 0) is 29.2 Å². The maximum Gasteiger partial charge on any atom is 0.273 e. The van der Waals surface area contributed by atoms with Gasteiger partial charge in [0, 0.05) is 31.6 Å². The number of rotatable bonds is 7. The van der Waals surface area contributed by atoms with Crippen molar-refractivity contribution >= 4 is 17.4 Å². The van der Waals surface area contributed by atoms with Gasteiger partial charge in [0.15, 0.2) is 5.69 Å². The smallest absolute Gasteiger partial charge is 0.273 e. The molecule has 1 fully saturated rings. The average Bonchev–Trinajstić information content (AvgIpc) is 3.16. The molecule has 128 valence electrons. The van der Waals surface area contributed by atoms with Crippen molar-refractivity contribution in [1.82, 2.24) is 19.8 Å². The maximum absolute atomic E-state index is 11.9. The fourth-order valence-electron chi connectivity index (χ4n) is 2.40. The Morgan fingerprint density at radius 2 is 2.25 bits per heavy atom. The van der Waals surface area contributed by atoms with Gasteiger partial charge in [-0.15, -0.1) is 5.10 Å². The standard InChI is InChI=1S/C16H20N4O3S/c21-16(15-12-24-19-18-15)17-11-13-2-1-3-14(10-13)23-9-6-20-4-7-22-8-5-20/h1-3,10,12H,4-9,11H2,(H,17,21). The molecular weight excluding hydrogens is 328 g/mol. The minimum Gasteiger partial charge on any atom is -0.492 e. The molecule has 1 aromatic heterocycles. The first kappa shape index (κ1) is 16.8. The highest BCUT2D eigenvalue weighted by Gasteiger charge is 2.10. The molecule has 1 aliphatic rings. The van der Waals surface area contributed by atoms with Gasteiger partial charge in [0.05, 0.1) is 13.2 Å². The number of nitrogens with zero attached hydrogens (tertiary/aromatic N) is 3. The lowest BCUT2D eigenvalue weighted by Crippen LogP contribution is -2.38. The van der Waals surface area contributed by atoms with Crippen LogP contribution in [-0.4, -0.2) is 59.8 Å². The normalized spacial score (nSPS) is 15.2. The number of nitrogens with one attached hydrogen (secondary N) is 1. The van der Waals surface area contributed by atoms with Gasteiger partial charge in [-0.1, -0.05) is 16.6 Å². The zero-order valence-electron chi connectivity index (χ0n) is 13.3. The van der Waals surface area contributed by atoms with Crippen molar-refractivity contribution in [3.63, 3.8) is 0 Å². The van der Waals surface area contributed by atoms with Crippen LogP contribution < -0.4 is 10.1 Å². The van der Waals surface area contributed by atoms with Crippen molar-refractivity contribution in [2.75, 3.05) is 39.5 Å². The molecule has 2 aromatic rings. The molecule has 0 bridgehead atoms. The van der Waals surface area contributed by atoms with E-state index in [1.54, 1.807) is 5.38 Å². The van der Waals surface area contributed by atoms with E-state index >= 15 is 0 Å². The van der Waals surface area contributed by atoms with Gasteiger partial charge in [0.25, 0.3) is 5.91 Å². The zero-order valence-corrected chi connectivity index (χ0v) is 14.1. The van der Waals surface area contributed by atoms with Crippen molar-refractivity contribution in [2.24, 2.45) is 0 Å². The molecule has 0 atom stereocenters. The van der Waals surface area contributed by atoms with Crippen LogP contribution >= 0.6 is 11.5 Å². The molecule has 7 nitrogen and oxygen atoms in total. The second-order valence-corrected chi connectivity index (χ2v) is 6.03. The zero-order chi connectivity index (χ0) is 16.6. The summed E-state index contributed by atoms with van der Waals surface area (Å²) in [6.45, 7) is 5.47. The Labute approximate surface area is 144 Å². The number of aromatic nitrogens is 2. The van der Waals surface area contributed by atoms with E-state index in [0.717, 1.165) is 55.7 Å². The molecule has 0 saturated carbocycles.